The fourth-order valence-corrected chi connectivity index (χ4v) is 3.63. The van der Waals surface area contributed by atoms with Crippen LogP contribution in [0.15, 0.2) is 71.5 Å². The summed E-state index contributed by atoms with van der Waals surface area (Å²) >= 11 is 0. The van der Waals surface area contributed by atoms with Gasteiger partial charge < -0.3 is 9.47 Å². The van der Waals surface area contributed by atoms with Gasteiger partial charge in [0.15, 0.2) is 0 Å². The molecule has 0 fully saturated rings. The maximum atomic E-state index is 13.0. The maximum absolute atomic E-state index is 13.0. The number of hydrogen-bond donors (Lipinski definition) is 1. The molecule has 8 heteroatoms. The van der Waals surface area contributed by atoms with Gasteiger partial charge in [0.2, 0.25) is 5.95 Å². The minimum absolute atomic E-state index is 0.135. The highest BCUT2D eigenvalue weighted by molar-refractivity contribution is 6.02. The lowest BCUT2D eigenvalue weighted by molar-refractivity contribution is 0.101. The first-order valence-corrected chi connectivity index (χ1v) is 10.8. The molecule has 0 saturated carbocycles. The number of amides is 1. The van der Waals surface area contributed by atoms with E-state index < -0.39 is 5.91 Å². The van der Waals surface area contributed by atoms with Crippen LogP contribution in [0.1, 0.15) is 24.3 Å². The van der Waals surface area contributed by atoms with Crippen LogP contribution in [-0.4, -0.2) is 49.8 Å². The first-order chi connectivity index (χ1) is 15.6. The van der Waals surface area contributed by atoms with Gasteiger partial charge in [-0.3, -0.25) is 14.9 Å². The van der Waals surface area contributed by atoms with Crippen LogP contribution in [-0.2, 0) is 6.54 Å². The van der Waals surface area contributed by atoms with E-state index in [0.29, 0.717) is 18.2 Å². The third-order valence-electron chi connectivity index (χ3n) is 5.45. The summed E-state index contributed by atoms with van der Waals surface area (Å²) in [5.41, 5.74) is 2.19. The largest absolute Gasteiger partial charge is 0.309 e. The first kappa shape index (κ1) is 21.5. The second-order valence-electron chi connectivity index (χ2n) is 7.36. The van der Waals surface area contributed by atoms with Gasteiger partial charge in [-0.2, -0.15) is 9.78 Å². The van der Waals surface area contributed by atoms with Crippen molar-refractivity contribution in [3.63, 3.8) is 0 Å². The van der Waals surface area contributed by atoms with Crippen molar-refractivity contribution in [1.82, 2.24) is 24.2 Å². The van der Waals surface area contributed by atoms with Crippen molar-refractivity contribution in [2.24, 2.45) is 0 Å². The second-order valence-corrected chi connectivity index (χ2v) is 7.36. The number of anilines is 1. The number of rotatable bonds is 8. The lowest BCUT2D eigenvalue weighted by atomic mass is 10.3. The number of aromatic nitrogens is 4. The van der Waals surface area contributed by atoms with Crippen LogP contribution >= 0.6 is 0 Å². The van der Waals surface area contributed by atoms with Crippen molar-refractivity contribution < 1.29 is 4.79 Å². The van der Waals surface area contributed by atoms with Crippen molar-refractivity contribution in [3.8, 4) is 5.69 Å². The van der Waals surface area contributed by atoms with E-state index in [9.17, 15) is 9.59 Å². The average Bonchev–Trinajstić information content (AvgIpc) is 3.17. The monoisotopic (exact) mass is 430 g/mol. The van der Waals surface area contributed by atoms with Crippen LogP contribution in [0.4, 0.5) is 5.95 Å². The fraction of sp³-hybridized carbons (Fsp3) is 0.250. The molecule has 0 bridgehead atoms. The number of fused-ring (bicyclic) bond motifs is 1. The molecule has 0 aliphatic carbocycles. The number of benzene rings is 2. The molecule has 4 rings (SSSR count). The summed E-state index contributed by atoms with van der Waals surface area (Å²) in [6.45, 7) is 7.70. The van der Waals surface area contributed by atoms with Gasteiger partial charge in [0, 0.05) is 19.2 Å². The van der Waals surface area contributed by atoms with E-state index in [-0.39, 0.29) is 11.3 Å². The summed E-state index contributed by atoms with van der Waals surface area (Å²) in [5.74, 6) is 0.0386. The van der Waals surface area contributed by atoms with Gasteiger partial charge in [-0.1, -0.05) is 44.2 Å². The zero-order chi connectivity index (χ0) is 22.5. The van der Waals surface area contributed by atoms with E-state index in [4.69, 9.17) is 0 Å². The molecule has 2 heterocycles. The molecule has 4 aromatic rings. The molecule has 1 amide bonds. The number of nitrogens with one attached hydrogen (secondary N) is 1. The maximum Gasteiger partial charge on any atom is 0.278 e. The number of para-hydroxylation sites is 3. The summed E-state index contributed by atoms with van der Waals surface area (Å²) in [7, 11) is 0. The predicted octanol–water partition coefficient (Wildman–Crippen LogP) is 3.18. The molecule has 0 atom stereocenters. The van der Waals surface area contributed by atoms with Gasteiger partial charge in [0.25, 0.3) is 11.5 Å². The lowest BCUT2D eigenvalue weighted by Gasteiger charge is -2.19. The van der Waals surface area contributed by atoms with Gasteiger partial charge in [-0.15, -0.1) is 0 Å². The SMILES string of the molecule is CCN(CC)CCn1c(NC(=O)c2ccc(=O)n(-c3ccccc3)n2)nc2ccccc21. The van der Waals surface area contributed by atoms with E-state index in [1.807, 2.05) is 47.0 Å². The van der Waals surface area contributed by atoms with E-state index in [2.05, 4.69) is 34.1 Å². The molecule has 0 radical (unpaired) electrons. The van der Waals surface area contributed by atoms with Gasteiger partial charge >= 0.3 is 0 Å². The Labute approximate surface area is 186 Å². The van der Waals surface area contributed by atoms with E-state index >= 15 is 0 Å². The highest BCUT2D eigenvalue weighted by atomic mass is 16.2. The highest BCUT2D eigenvalue weighted by Crippen LogP contribution is 2.20. The Morgan fingerprint density at radius 2 is 1.69 bits per heavy atom. The number of hydrogen-bond acceptors (Lipinski definition) is 5. The van der Waals surface area contributed by atoms with Crippen molar-refractivity contribution in [2.45, 2.75) is 20.4 Å². The Kier molecular flexibility index (Phi) is 6.42. The number of likely N-dealkylation sites (N-methyl/N-ethyl adjacent to an activating group) is 1. The third kappa shape index (κ3) is 4.45. The smallest absolute Gasteiger partial charge is 0.278 e. The molecule has 1 N–H and O–H groups in total. The number of carbonyl (C=O) groups excluding carboxylic acids is 1. The average molecular weight is 431 g/mol. The summed E-state index contributed by atoms with van der Waals surface area (Å²) in [6, 6.07) is 19.6. The normalized spacial score (nSPS) is 11.2. The molecule has 0 unspecified atom stereocenters. The zero-order valence-corrected chi connectivity index (χ0v) is 18.2. The van der Waals surface area contributed by atoms with Crippen molar-refractivity contribution in [2.75, 3.05) is 25.0 Å². The third-order valence-corrected chi connectivity index (χ3v) is 5.45. The summed E-state index contributed by atoms with van der Waals surface area (Å²) in [4.78, 5) is 32.3. The Hall–Kier alpha value is -3.78. The lowest BCUT2D eigenvalue weighted by Crippen LogP contribution is -2.28. The topological polar surface area (TPSA) is 85.0 Å². The molecule has 0 spiro atoms. The van der Waals surface area contributed by atoms with Crippen LogP contribution in [0.25, 0.3) is 16.7 Å². The Balaban J connectivity index is 1.64. The molecule has 8 nitrogen and oxygen atoms in total. The minimum Gasteiger partial charge on any atom is -0.309 e. The van der Waals surface area contributed by atoms with Crippen LogP contribution in [0.3, 0.4) is 0 Å². The van der Waals surface area contributed by atoms with Gasteiger partial charge in [-0.05, 0) is 43.4 Å². The van der Waals surface area contributed by atoms with Crippen LogP contribution in [0.2, 0.25) is 0 Å². The summed E-state index contributed by atoms with van der Waals surface area (Å²) < 4.78 is 3.23. The molecule has 0 aliphatic rings. The summed E-state index contributed by atoms with van der Waals surface area (Å²) in [5, 5.41) is 7.16. The van der Waals surface area contributed by atoms with Crippen molar-refractivity contribution >= 4 is 22.9 Å². The van der Waals surface area contributed by atoms with Gasteiger partial charge in [-0.25, -0.2) is 4.98 Å². The second kappa shape index (κ2) is 9.57. The van der Waals surface area contributed by atoms with Crippen LogP contribution in [0.5, 0.6) is 0 Å². The summed E-state index contributed by atoms with van der Waals surface area (Å²) in [6.07, 6.45) is 0. The first-order valence-electron chi connectivity index (χ1n) is 10.8. The molecule has 2 aromatic heterocycles. The molecule has 0 aliphatic heterocycles. The van der Waals surface area contributed by atoms with E-state index in [0.717, 1.165) is 30.7 Å². The minimum atomic E-state index is -0.422. The molecule has 164 valence electrons. The number of imidazole rings is 1. The molecular formula is C24H26N6O2. The van der Waals surface area contributed by atoms with E-state index in [1.165, 1.54) is 16.8 Å². The van der Waals surface area contributed by atoms with Crippen molar-refractivity contribution in [1.29, 1.82) is 0 Å². The van der Waals surface area contributed by atoms with Crippen LogP contribution in [0, 0.1) is 0 Å². The van der Waals surface area contributed by atoms with Gasteiger partial charge in [0.05, 0.1) is 16.7 Å². The number of nitrogens with zero attached hydrogens (tertiary/aromatic N) is 5. The van der Waals surface area contributed by atoms with E-state index in [1.54, 1.807) is 12.1 Å². The van der Waals surface area contributed by atoms with Crippen molar-refractivity contribution in [3.05, 3.63) is 82.8 Å². The Morgan fingerprint density at radius 3 is 2.44 bits per heavy atom. The highest BCUT2D eigenvalue weighted by Gasteiger charge is 2.17. The Morgan fingerprint density at radius 1 is 0.969 bits per heavy atom. The fourth-order valence-electron chi connectivity index (χ4n) is 3.63. The molecule has 32 heavy (non-hydrogen) atoms. The predicted molar refractivity (Wildman–Crippen MR) is 125 cm³/mol. The molecule has 0 saturated heterocycles. The quantitative estimate of drug-likeness (QED) is 0.464. The molecular weight excluding hydrogens is 404 g/mol. The number of carbonyl (C=O) groups is 1. The van der Waals surface area contributed by atoms with Gasteiger partial charge in [0.1, 0.15) is 5.69 Å². The standard InChI is InChI=1S/C24H26N6O2/c1-3-28(4-2)16-17-29-21-13-9-8-12-19(21)25-24(29)26-23(32)20-14-15-22(31)30(27-20)18-10-6-5-7-11-18/h5-15H,3-4,16-17H2,1-2H3,(H,25,26,32). The Bertz CT molecular complexity index is 1270. The zero-order valence-electron chi connectivity index (χ0n) is 18.2. The van der Waals surface area contributed by atoms with Crippen LogP contribution < -0.4 is 10.9 Å². The molecule has 2 aromatic carbocycles.